The molecule has 0 unspecified atom stereocenters. The van der Waals surface area contributed by atoms with Gasteiger partial charge in [-0.3, -0.25) is 9.59 Å². The second-order valence-corrected chi connectivity index (χ2v) is 9.56. The van der Waals surface area contributed by atoms with Crippen LogP contribution in [0.4, 0.5) is 4.79 Å². The van der Waals surface area contributed by atoms with Gasteiger partial charge in [-0.15, -0.1) is 0 Å². The Kier molecular flexibility index (Phi) is 8.98. The number of carbonyl (C=O) groups is 3. The third-order valence-corrected chi connectivity index (χ3v) is 6.66. The van der Waals surface area contributed by atoms with Crippen LogP contribution in [0, 0.1) is 0 Å². The number of carboxylic acids is 1. The van der Waals surface area contributed by atoms with E-state index in [1.54, 1.807) is 11.8 Å². The summed E-state index contributed by atoms with van der Waals surface area (Å²) in [5.41, 5.74) is 4.52. The molecule has 2 aromatic rings. The van der Waals surface area contributed by atoms with Crippen molar-refractivity contribution in [2.45, 2.75) is 44.7 Å². The number of ether oxygens (including phenoxy) is 1. The number of rotatable bonds is 11. The van der Waals surface area contributed by atoms with Gasteiger partial charge in [0.05, 0.1) is 6.42 Å². The second kappa shape index (κ2) is 11.9. The molecule has 0 saturated heterocycles. The summed E-state index contributed by atoms with van der Waals surface area (Å²) in [4.78, 5) is 38.5. The van der Waals surface area contributed by atoms with Crippen LogP contribution in [0.2, 0.25) is 0 Å². The minimum Gasteiger partial charge on any atom is -0.481 e. The monoisotopic (exact) mass is 484 g/mol. The van der Waals surface area contributed by atoms with Crippen LogP contribution in [0.5, 0.6) is 0 Å². The molecule has 1 aliphatic rings. The Bertz CT molecular complexity index is 980. The van der Waals surface area contributed by atoms with Gasteiger partial charge in [-0.2, -0.15) is 11.8 Å². The zero-order chi connectivity index (χ0) is 24.7. The highest BCUT2D eigenvalue weighted by Crippen LogP contribution is 2.44. The molecule has 2 aromatic carbocycles. The number of thioether (sulfide) groups is 1. The quantitative estimate of drug-likeness (QED) is 0.492. The summed E-state index contributed by atoms with van der Waals surface area (Å²) in [6.07, 6.45) is 1.56. The number of hydrogen-bond acceptors (Lipinski definition) is 5. The molecule has 2 amide bonds. The highest BCUT2D eigenvalue weighted by Gasteiger charge is 2.31. The fourth-order valence-electron chi connectivity index (χ4n) is 4.31. The highest BCUT2D eigenvalue weighted by molar-refractivity contribution is 7.98. The summed E-state index contributed by atoms with van der Waals surface area (Å²) < 4.78 is 5.62. The topological polar surface area (TPSA) is 95.9 Å². The average Bonchev–Trinajstić information content (AvgIpc) is 3.13. The normalized spacial score (nSPS) is 13.2. The molecule has 0 radical (unpaired) electrons. The van der Waals surface area contributed by atoms with Crippen LogP contribution >= 0.6 is 11.8 Å². The van der Waals surface area contributed by atoms with Crippen LogP contribution in [0.3, 0.4) is 0 Å². The maximum atomic E-state index is 13.2. The van der Waals surface area contributed by atoms with Gasteiger partial charge in [-0.05, 0) is 54.5 Å². The van der Waals surface area contributed by atoms with Crippen LogP contribution in [0.1, 0.15) is 43.7 Å². The Labute approximate surface area is 204 Å². The molecule has 0 heterocycles. The molecular formula is C26H32N2O5S. The number of alkyl carbamates (subject to hydrolysis) is 1. The van der Waals surface area contributed by atoms with Crippen molar-refractivity contribution in [3.05, 3.63) is 59.7 Å². The minimum atomic E-state index is -0.969. The number of hydrogen-bond donors (Lipinski definition) is 2. The number of carbonyl (C=O) groups excluding carboxylic acids is 2. The number of nitrogens with zero attached hydrogens (tertiary/aromatic N) is 1. The fourth-order valence-corrected chi connectivity index (χ4v) is 4.79. The lowest BCUT2D eigenvalue weighted by atomic mass is 9.98. The van der Waals surface area contributed by atoms with Gasteiger partial charge in [0.15, 0.2) is 0 Å². The van der Waals surface area contributed by atoms with Gasteiger partial charge in [0.1, 0.15) is 12.6 Å². The maximum absolute atomic E-state index is 13.2. The van der Waals surface area contributed by atoms with Gasteiger partial charge in [0.2, 0.25) is 5.91 Å². The van der Waals surface area contributed by atoms with Crippen molar-refractivity contribution >= 4 is 29.7 Å². The zero-order valence-corrected chi connectivity index (χ0v) is 20.6. The number of benzene rings is 2. The average molecular weight is 485 g/mol. The lowest BCUT2D eigenvalue weighted by Gasteiger charge is -2.30. The molecule has 8 heteroatoms. The van der Waals surface area contributed by atoms with Gasteiger partial charge >= 0.3 is 12.1 Å². The van der Waals surface area contributed by atoms with E-state index < -0.39 is 18.1 Å². The molecule has 182 valence electrons. The Morgan fingerprint density at radius 3 is 2.18 bits per heavy atom. The SMILES string of the molecule is CSCC[C@@H](NC(=O)OCC1c2ccccc2-c2ccccc21)C(=O)N(CCC(=O)O)C(C)C. The van der Waals surface area contributed by atoms with Crippen LogP contribution < -0.4 is 5.32 Å². The molecule has 0 fully saturated rings. The van der Waals surface area contributed by atoms with Crippen molar-refractivity contribution < 1.29 is 24.2 Å². The molecule has 0 spiro atoms. The second-order valence-electron chi connectivity index (χ2n) is 8.57. The van der Waals surface area contributed by atoms with Crippen LogP contribution in [0.25, 0.3) is 11.1 Å². The Hall–Kier alpha value is -3.00. The number of carboxylic acid groups (broad SMARTS) is 1. The molecule has 7 nitrogen and oxygen atoms in total. The standard InChI is InChI=1S/C26H32N2O5S/c1-17(2)28(14-12-24(29)30)25(31)23(13-15-34-3)27-26(32)33-16-22-20-10-6-4-8-18(20)19-9-5-7-11-21(19)22/h4-11,17,22-23H,12-16H2,1-3H3,(H,27,32)(H,29,30)/t23-/m1/s1. The summed E-state index contributed by atoms with van der Waals surface area (Å²) in [7, 11) is 0. The largest absolute Gasteiger partial charge is 0.481 e. The van der Waals surface area contributed by atoms with Gasteiger partial charge in [-0.1, -0.05) is 48.5 Å². The van der Waals surface area contributed by atoms with Crippen molar-refractivity contribution in [3.63, 3.8) is 0 Å². The van der Waals surface area contributed by atoms with Crippen molar-refractivity contribution in [1.29, 1.82) is 0 Å². The summed E-state index contributed by atoms with van der Waals surface area (Å²) in [6, 6.07) is 15.2. The smallest absolute Gasteiger partial charge is 0.407 e. The molecule has 34 heavy (non-hydrogen) atoms. The molecule has 0 bridgehead atoms. The van der Waals surface area contributed by atoms with Crippen molar-refractivity contribution in [2.24, 2.45) is 0 Å². The van der Waals surface area contributed by atoms with E-state index in [1.165, 1.54) is 4.90 Å². The Morgan fingerprint density at radius 1 is 1.06 bits per heavy atom. The number of nitrogens with one attached hydrogen (secondary N) is 1. The Balaban J connectivity index is 1.68. The first-order chi connectivity index (χ1) is 16.3. The minimum absolute atomic E-state index is 0.0683. The predicted octanol–water partition coefficient (Wildman–Crippen LogP) is 4.36. The first kappa shape index (κ1) is 25.6. The van der Waals surface area contributed by atoms with Crippen LogP contribution in [0.15, 0.2) is 48.5 Å². The van der Waals surface area contributed by atoms with E-state index in [4.69, 9.17) is 9.84 Å². The molecule has 1 atom stereocenters. The molecule has 0 aromatic heterocycles. The number of aliphatic carboxylic acids is 1. The van der Waals surface area contributed by atoms with Crippen molar-refractivity contribution in [1.82, 2.24) is 10.2 Å². The molecule has 0 aliphatic heterocycles. The summed E-state index contributed by atoms with van der Waals surface area (Å²) in [6.45, 7) is 3.92. The number of fused-ring (bicyclic) bond motifs is 3. The van der Waals surface area contributed by atoms with E-state index in [1.807, 2.05) is 44.4 Å². The molecule has 3 rings (SSSR count). The maximum Gasteiger partial charge on any atom is 0.407 e. The molecular weight excluding hydrogens is 452 g/mol. The Morgan fingerprint density at radius 2 is 1.65 bits per heavy atom. The lowest BCUT2D eigenvalue weighted by molar-refractivity contribution is -0.139. The molecule has 0 saturated carbocycles. The summed E-state index contributed by atoms with van der Waals surface area (Å²) >= 11 is 1.57. The summed E-state index contributed by atoms with van der Waals surface area (Å²) in [5.74, 6) is -0.658. The van der Waals surface area contributed by atoms with Crippen molar-refractivity contribution in [2.75, 3.05) is 25.2 Å². The lowest BCUT2D eigenvalue weighted by Crippen LogP contribution is -2.51. The third kappa shape index (κ3) is 6.11. The third-order valence-electron chi connectivity index (χ3n) is 6.02. The fraction of sp³-hybridized carbons (Fsp3) is 0.423. The predicted molar refractivity (Wildman–Crippen MR) is 134 cm³/mol. The van der Waals surface area contributed by atoms with Gasteiger partial charge in [0.25, 0.3) is 0 Å². The highest BCUT2D eigenvalue weighted by atomic mass is 32.2. The van der Waals surface area contributed by atoms with E-state index in [9.17, 15) is 14.4 Å². The van der Waals surface area contributed by atoms with Gasteiger partial charge in [-0.25, -0.2) is 4.79 Å². The van der Waals surface area contributed by atoms with E-state index in [0.717, 1.165) is 22.3 Å². The van der Waals surface area contributed by atoms with E-state index in [2.05, 4.69) is 29.6 Å². The van der Waals surface area contributed by atoms with E-state index in [-0.39, 0.29) is 37.4 Å². The molecule has 1 aliphatic carbocycles. The van der Waals surface area contributed by atoms with E-state index in [0.29, 0.717) is 12.2 Å². The van der Waals surface area contributed by atoms with Gasteiger partial charge in [0, 0.05) is 18.5 Å². The van der Waals surface area contributed by atoms with Crippen LogP contribution in [-0.4, -0.2) is 65.2 Å². The van der Waals surface area contributed by atoms with E-state index >= 15 is 0 Å². The zero-order valence-electron chi connectivity index (χ0n) is 19.8. The van der Waals surface area contributed by atoms with Crippen molar-refractivity contribution in [3.8, 4) is 11.1 Å². The summed E-state index contributed by atoms with van der Waals surface area (Å²) in [5, 5.41) is 11.8. The number of amides is 2. The van der Waals surface area contributed by atoms with Crippen LogP contribution in [-0.2, 0) is 14.3 Å². The first-order valence-electron chi connectivity index (χ1n) is 11.5. The first-order valence-corrected chi connectivity index (χ1v) is 12.9. The molecule has 2 N–H and O–H groups in total. The van der Waals surface area contributed by atoms with Gasteiger partial charge < -0.3 is 20.1 Å².